The molecule has 1 fully saturated rings. The van der Waals surface area contributed by atoms with Crippen LogP contribution in [0.2, 0.25) is 5.02 Å². The molecule has 36 heavy (non-hydrogen) atoms. The topological polar surface area (TPSA) is 34.9 Å². The molecule has 0 N–H and O–H groups in total. The maximum absolute atomic E-state index is 14.6. The molecule has 0 radical (unpaired) electrons. The Morgan fingerprint density at radius 1 is 0.972 bits per heavy atom. The van der Waals surface area contributed by atoms with E-state index in [2.05, 4.69) is 43.3 Å². The lowest BCUT2D eigenvalue weighted by atomic mass is 9.62. The highest BCUT2D eigenvalue weighted by molar-refractivity contribution is 7.98. The fourth-order valence-corrected chi connectivity index (χ4v) is 7.33. The third-order valence-electron chi connectivity index (χ3n) is 7.77. The van der Waals surface area contributed by atoms with E-state index in [0.29, 0.717) is 10.9 Å². The molecule has 0 amide bonds. The molecule has 0 unspecified atom stereocenters. The van der Waals surface area contributed by atoms with Gasteiger partial charge in [0.15, 0.2) is 5.16 Å². The van der Waals surface area contributed by atoms with Gasteiger partial charge in [-0.15, -0.1) is 0 Å². The van der Waals surface area contributed by atoms with Crippen LogP contribution in [0.25, 0.3) is 16.9 Å². The van der Waals surface area contributed by atoms with Crippen molar-refractivity contribution in [3.8, 4) is 16.9 Å². The van der Waals surface area contributed by atoms with Crippen LogP contribution >= 0.6 is 23.4 Å². The molecule has 182 valence electrons. The smallest absolute Gasteiger partial charge is 0.263 e. The number of aromatic nitrogens is 2. The Morgan fingerprint density at radius 2 is 1.75 bits per heavy atom. The highest BCUT2D eigenvalue weighted by atomic mass is 35.5. The Labute approximate surface area is 221 Å². The molecule has 0 saturated heterocycles. The first-order chi connectivity index (χ1) is 17.6. The van der Waals surface area contributed by atoms with Crippen molar-refractivity contribution in [2.24, 2.45) is 0 Å². The minimum Gasteiger partial charge on any atom is -0.268 e. The van der Waals surface area contributed by atoms with Gasteiger partial charge < -0.3 is 0 Å². The Bertz CT molecular complexity index is 1500. The highest BCUT2D eigenvalue weighted by Gasteiger charge is 2.43. The summed E-state index contributed by atoms with van der Waals surface area (Å²) in [6.07, 6.45) is 6.58. The summed E-state index contributed by atoms with van der Waals surface area (Å²) in [5.41, 5.74) is 7.21. The number of rotatable bonds is 4. The van der Waals surface area contributed by atoms with Crippen LogP contribution in [0.4, 0.5) is 0 Å². The van der Waals surface area contributed by atoms with Gasteiger partial charge in [-0.1, -0.05) is 97.2 Å². The summed E-state index contributed by atoms with van der Waals surface area (Å²) in [4.78, 5) is 19.9. The molecule has 0 bridgehead atoms. The maximum Gasteiger partial charge on any atom is 0.263 e. The standard InChI is InChI=1S/C31H29ClN2OS/c1-21-10-9-13-24(18-21)34-29(35)27-28(33-30(34)36-20-23-12-4-6-15-26(23)32)25-14-5-3-11-22(25)19-31(27)16-7-2-8-17-31/h3-6,9-15,18H,2,7-8,16-17,19-20H2,1H3. The maximum atomic E-state index is 14.6. The number of thioether (sulfide) groups is 1. The zero-order chi connectivity index (χ0) is 24.7. The third-order valence-corrected chi connectivity index (χ3v) is 9.13. The number of hydrogen-bond acceptors (Lipinski definition) is 3. The second kappa shape index (κ2) is 9.57. The summed E-state index contributed by atoms with van der Waals surface area (Å²) in [6, 6.07) is 24.6. The summed E-state index contributed by atoms with van der Waals surface area (Å²) < 4.78 is 1.86. The molecule has 3 aromatic carbocycles. The molecule has 1 saturated carbocycles. The Balaban J connectivity index is 1.59. The van der Waals surface area contributed by atoms with Crippen molar-refractivity contribution in [3.05, 3.63) is 110 Å². The monoisotopic (exact) mass is 512 g/mol. The predicted octanol–water partition coefficient (Wildman–Crippen LogP) is 7.91. The Morgan fingerprint density at radius 3 is 2.56 bits per heavy atom. The minimum atomic E-state index is -0.135. The van der Waals surface area contributed by atoms with Crippen molar-refractivity contribution >= 4 is 23.4 Å². The van der Waals surface area contributed by atoms with Crippen LogP contribution in [-0.4, -0.2) is 9.55 Å². The van der Waals surface area contributed by atoms with Gasteiger partial charge in [-0.2, -0.15) is 0 Å². The average Bonchev–Trinajstić information content (AvgIpc) is 2.88. The zero-order valence-corrected chi connectivity index (χ0v) is 22.0. The van der Waals surface area contributed by atoms with Gasteiger partial charge in [0.05, 0.1) is 16.9 Å². The van der Waals surface area contributed by atoms with E-state index in [1.54, 1.807) is 11.8 Å². The number of nitrogens with zero attached hydrogens (tertiary/aromatic N) is 2. The largest absolute Gasteiger partial charge is 0.268 e. The second-order valence-corrected chi connectivity index (χ2v) is 11.5. The molecule has 1 aromatic heterocycles. The Hall–Kier alpha value is -2.82. The summed E-state index contributed by atoms with van der Waals surface area (Å²) in [6.45, 7) is 2.07. The van der Waals surface area contributed by atoms with Gasteiger partial charge in [0.25, 0.3) is 5.56 Å². The van der Waals surface area contributed by atoms with Crippen LogP contribution in [0.15, 0.2) is 82.7 Å². The van der Waals surface area contributed by atoms with Gasteiger partial charge in [-0.25, -0.2) is 4.98 Å². The van der Waals surface area contributed by atoms with E-state index in [1.807, 2.05) is 41.0 Å². The zero-order valence-electron chi connectivity index (χ0n) is 20.5. The van der Waals surface area contributed by atoms with Crippen molar-refractivity contribution < 1.29 is 0 Å². The molecule has 5 heteroatoms. The van der Waals surface area contributed by atoms with E-state index < -0.39 is 0 Å². The lowest BCUT2D eigenvalue weighted by Gasteiger charge is -2.42. The molecule has 0 aliphatic heterocycles. The molecular formula is C31H29ClN2OS. The van der Waals surface area contributed by atoms with Crippen LogP contribution < -0.4 is 5.56 Å². The molecule has 0 atom stereocenters. The van der Waals surface area contributed by atoms with Crippen LogP contribution in [0, 0.1) is 6.92 Å². The Kier molecular flexibility index (Phi) is 6.27. The lowest BCUT2D eigenvalue weighted by Crippen LogP contribution is -2.42. The number of hydrogen-bond donors (Lipinski definition) is 0. The number of aryl methyl sites for hydroxylation is 1. The van der Waals surface area contributed by atoms with Crippen LogP contribution in [0.1, 0.15) is 54.4 Å². The molecule has 2 aliphatic carbocycles. The number of halogens is 1. The van der Waals surface area contributed by atoms with E-state index in [1.165, 1.54) is 12.0 Å². The van der Waals surface area contributed by atoms with Gasteiger partial charge in [0.2, 0.25) is 0 Å². The average molecular weight is 513 g/mol. The van der Waals surface area contributed by atoms with E-state index in [4.69, 9.17) is 16.6 Å². The van der Waals surface area contributed by atoms with Crippen molar-refractivity contribution in [1.82, 2.24) is 9.55 Å². The van der Waals surface area contributed by atoms with E-state index in [0.717, 1.165) is 70.8 Å². The fraction of sp³-hybridized carbons (Fsp3) is 0.290. The molecule has 3 nitrogen and oxygen atoms in total. The molecule has 1 spiro atoms. The third kappa shape index (κ3) is 4.10. The van der Waals surface area contributed by atoms with Crippen molar-refractivity contribution in [2.45, 2.75) is 61.8 Å². The molecule has 1 heterocycles. The van der Waals surface area contributed by atoms with Crippen molar-refractivity contribution in [3.63, 3.8) is 0 Å². The van der Waals surface area contributed by atoms with Crippen molar-refractivity contribution in [1.29, 1.82) is 0 Å². The first-order valence-electron chi connectivity index (χ1n) is 12.7. The molecule has 2 aliphatic rings. The van der Waals surface area contributed by atoms with Gasteiger partial charge in [-0.05, 0) is 61.1 Å². The first kappa shape index (κ1) is 23.6. The van der Waals surface area contributed by atoms with Crippen molar-refractivity contribution in [2.75, 3.05) is 0 Å². The SMILES string of the molecule is Cc1cccc(-n2c(SCc3ccccc3Cl)nc3c(c2=O)C2(CCCCC2)Cc2ccccc2-3)c1. The second-order valence-electron chi connectivity index (χ2n) is 10.2. The normalized spacial score (nSPS) is 15.9. The minimum absolute atomic E-state index is 0.0867. The molecule has 6 rings (SSSR count). The summed E-state index contributed by atoms with van der Waals surface area (Å²) in [5, 5.41) is 1.45. The van der Waals surface area contributed by atoms with Gasteiger partial charge in [-0.3, -0.25) is 9.36 Å². The molecule has 4 aromatic rings. The number of benzene rings is 3. The van der Waals surface area contributed by atoms with E-state index in [-0.39, 0.29) is 11.0 Å². The van der Waals surface area contributed by atoms with E-state index in [9.17, 15) is 4.79 Å². The van der Waals surface area contributed by atoms with Crippen LogP contribution in [-0.2, 0) is 17.6 Å². The van der Waals surface area contributed by atoms with Gasteiger partial charge >= 0.3 is 0 Å². The predicted molar refractivity (Wildman–Crippen MR) is 149 cm³/mol. The number of fused-ring (bicyclic) bond motifs is 4. The van der Waals surface area contributed by atoms with Crippen LogP contribution in [0.3, 0.4) is 0 Å². The quantitative estimate of drug-likeness (QED) is 0.206. The van der Waals surface area contributed by atoms with Crippen LogP contribution in [0.5, 0.6) is 0 Å². The summed E-state index contributed by atoms with van der Waals surface area (Å²) >= 11 is 8.06. The molecular weight excluding hydrogens is 484 g/mol. The van der Waals surface area contributed by atoms with E-state index >= 15 is 0 Å². The fourth-order valence-electron chi connectivity index (χ4n) is 6.04. The highest BCUT2D eigenvalue weighted by Crippen LogP contribution is 2.49. The summed E-state index contributed by atoms with van der Waals surface area (Å²) in [5.74, 6) is 0.642. The summed E-state index contributed by atoms with van der Waals surface area (Å²) in [7, 11) is 0. The lowest BCUT2D eigenvalue weighted by molar-refractivity contribution is 0.283. The first-order valence-corrected chi connectivity index (χ1v) is 14.1. The van der Waals surface area contributed by atoms with Gasteiger partial charge in [0, 0.05) is 21.8 Å². The van der Waals surface area contributed by atoms with Gasteiger partial charge in [0.1, 0.15) is 0 Å².